The zero-order valence-corrected chi connectivity index (χ0v) is 8.62. The molecule has 0 aromatic heterocycles. The molecule has 0 saturated carbocycles. The van der Waals surface area contributed by atoms with Crippen LogP contribution in [0.3, 0.4) is 0 Å². The van der Waals surface area contributed by atoms with Crippen LogP contribution < -0.4 is 0 Å². The molecule has 0 saturated heterocycles. The number of hydrogen-bond donors (Lipinski definition) is 0. The summed E-state index contributed by atoms with van der Waals surface area (Å²) in [4.78, 5) is 11.1. The van der Waals surface area contributed by atoms with E-state index in [1.165, 1.54) is 18.9 Å². The first-order valence-corrected chi connectivity index (χ1v) is 4.83. The van der Waals surface area contributed by atoms with Gasteiger partial charge in [-0.3, -0.25) is 4.79 Å². The lowest BCUT2D eigenvalue weighted by Gasteiger charge is -2.26. The van der Waals surface area contributed by atoms with Gasteiger partial charge in [-0.05, 0) is 11.7 Å². The Morgan fingerprint density at radius 1 is 1.45 bits per heavy atom. The first-order valence-electron chi connectivity index (χ1n) is 3.54. The van der Waals surface area contributed by atoms with Gasteiger partial charge in [0.1, 0.15) is 5.25 Å². The van der Waals surface area contributed by atoms with Crippen LogP contribution in [0.1, 0.15) is 20.8 Å². The van der Waals surface area contributed by atoms with Gasteiger partial charge >= 0.3 is 5.97 Å². The minimum Gasteiger partial charge on any atom is -0.468 e. The predicted molar refractivity (Wildman–Crippen MR) is 48.8 cm³/mol. The molecule has 0 rings (SSSR count). The van der Waals surface area contributed by atoms with E-state index in [4.69, 9.17) is 0 Å². The van der Waals surface area contributed by atoms with Gasteiger partial charge in [-0.1, -0.05) is 20.8 Å². The van der Waals surface area contributed by atoms with Crippen LogP contribution in [0.15, 0.2) is 0 Å². The van der Waals surface area contributed by atoms with E-state index in [0.29, 0.717) is 0 Å². The molecule has 0 radical (unpaired) electrons. The SMILES string of the molecule is COC(=O)C(SC)C(C)(C)C. The molecule has 0 amide bonds. The third-order valence-corrected chi connectivity index (χ3v) is 2.81. The fraction of sp³-hybridized carbons (Fsp3) is 0.875. The second-order valence-corrected chi connectivity index (χ2v) is 4.45. The third kappa shape index (κ3) is 3.14. The normalized spacial score (nSPS) is 14.3. The Bertz CT molecular complexity index is 138. The van der Waals surface area contributed by atoms with Gasteiger partial charge in [0.25, 0.3) is 0 Å². The van der Waals surface area contributed by atoms with Gasteiger partial charge in [0, 0.05) is 0 Å². The van der Waals surface area contributed by atoms with E-state index < -0.39 is 0 Å². The molecular weight excluding hydrogens is 160 g/mol. The Labute approximate surface area is 72.7 Å². The summed E-state index contributed by atoms with van der Waals surface area (Å²) in [6.07, 6.45) is 1.92. The summed E-state index contributed by atoms with van der Waals surface area (Å²) in [5.74, 6) is -0.134. The number of carbonyl (C=O) groups excluding carboxylic acids is 1. The van der Waals surface area contributed by atoms with Crippen molar-refractivity contribution < 1.29 is 9.53 Å². The van der Waals surface area contributed by atoms with Gasteiger partial charge in [0.2, 0.25) is 0 Å². The molecule has 11 heavy (non-hydrogen) atoms. The average Bonchev–Trinajstić information content (AvgIpc) is 1.86. The standard InChI is InChI=1S/C8H16O2S/c1-8(2,3)6(11-5)7(9)10-4/h6H,1-5H3. The molecule has 1 atom stereocenters. The molecular formula is C8H16O2S. The van der Waals surface area contributed by atoms with Gasteiger partial charge in [-0.25, -0.2) is 0 Å². The largest absolute Gasteiger partial charge is 0.468 e. The van der Waals surface area contributed by atoms with Crippen LogP contribution in [-0.4, -0.2) is 24.6 Å². The fourth-order valence-corrected chi connectivity index (χ4v) is 1.91. The highest BCUT2D eigenvalue weighted by Crippen LogP contribution is 2.29. The highest BCUT2D eigenvalue weighted by Gasteiger charge is 2.30. The van der Waals surface area contributed by atoms with Crippen molar-refractivity contribution in [2.24, 2.45) is 5.41 Å². The number of ether oxygens (including phenoxy) is 1. The number of carbonyl (C=O) groups is 1. The zero-order chi connectivity index (χ0) is 9.07. The smallest absolute Gasteiger partial charge is 0.319 e. The molecule has 0 aliphatic rings. The van der Waals surface area contributed by atoms with Crippen molar-refractivity contribution in [1.82, 2.24) is 0 Å². The summed E-state index contributed by atoms with van der Waals surface area (Å²) < 4.78 is 4.67. The summed E-state index contributed by atoms with van der Waals surface area (Å²) in [5.41, 5.74) is -0.0213. The maximum absolute atomic E-state index is 11.1. The van der Waals surface area contributed by atoms with Crippen molar-refractivity contribution in [1.29, 1.82) is 0 Å². The highest BCUT2D eigenvalue weighted by molar-refractivity contribution is 7.99. The van der Waals surface area contributed by atoms with E-state index in [1.807, 2.05) is 27.0 Å². The lowest BCUT2D eigenvalue weighted by atomic mass is 9.92. The molecule has 0 aromatic rings. The van der Waals surface area contributed by atoms with Crippen LogP contribution in [-0.2, 0) is 9.53 Å². The van der Waals surface area contributed by atoms with Crippen LogP contribution in [0, 0.1) is 5.41 Å². The average molecular weight is 176 g/mol. The molecule has 0 heterocycles. The van der Waals surface area contributed by atoms with E-state index in [9.17, 15) is 4.79 Å². The summed E-state index contributed by atoms with van der Waals surface area (Å²) in [6, 6.07) is 0. The van der Waals surface area contributed by atoms with Crippen molar-refractivity contribution in [3.05, 3.63) is 0 Å². The Morgan fingerprint density at radius 2 is 1.91 bits per heavy atom. The van der Waals surface area contributed by atoms with Crippen molar-refractivity contribution in [3.8, 4) is 0 Å². The van der Waals surface area contributed by atoms with Crippen molar-refractivity contribution >= 4 is 17.7 Å². The second kappa shape index (κ2) is 4.00. The van der Waals surface area contributed by atoms with Crippen LogP contribution in [0.5, 0.6) is 0 Å². The molecule has 0 aliphatic carbocycles. The minimum atomic E-state index is -0.134. The number of hydrogen-bond acceptors (Lipinski definition) is 3. The number of methoxy groups -OCH3 is 1. The van der Waals surface area contributed by atoms with E-state index >= 15 is 0 Å². The zero-order valence-electron chi connectivity index (χ0n) is 7.80. The fourth-order valence-electron chi connectivity index (χ4n) is 0.910. The van der Waals surface area contributed by atoms with Gasteiger partial charge < -0.3 is 4.74 Å². The second-order valence-electron chi connectivity index (χ2n) is 3.50. The molecule has 66 valence electrons. The number of rotatable bonds is 2. The third-order valence-electron chi connectivity index (χ3n) is 1.44. The van der Waals surface area contributed by atoms with E-state index in [-0.39, 0.29) is 16.6 Å². The highest BCUT2D eigenvalue weighted by atomic mass is 32.2. The predicted octanol–water partition coefficient (Wildman–Crippen LogP) is 1.94. The van der Waals surface area contributed by atoms with Gasteiger partial charge in [0.05, 0.1) is 7.11 Å². The molecule has 0 N–H and O–H groups in total. The lowest BCUT2D eigenvalue weighted by molar-refractivity contribution is -0.141. The Morgan fingerprint density at radius 3 is 2.00 bits per heavy atom. The molecule has 0 bridgehead atoms. The molecule has 0 aliphatic heterocycles. The summed E-state index contributed by atoms with van der Waals surface area (Å²) >= 11 is 1.53. The van der Waals surface area contributed by atoms with Crippen LogP contribution in [0.25, 0.3) is 0 Å². The van der Waals surface area contributed by atoms with Crippen molar-refractivity contribution in [2.75, 3.05) is 13.4 Å². The summed E-state index contributed by atoms with van der Waals surface area (Å²) in [6.45, 7) is 6.10. The first-order chi connectivity index (χ1) is 4.93. The van der Waals surface area contributed by atoms with Gasteiger partial charge in [-0.2, -0.15) is 0 Å². The minimum absolute atomic E-state index is 0.0213. The topological polar surface area (TPSA) is 26.3 Å². The molecule has 0 spiro atoms. The molecule has 0 fully saturated rings. The maximum atomic E-state index is 11.1. The van der Waals surface area contributed by atoms with Crippen molar-refractivity contribution in [3.63, 3.8) is 0 Å². The van der Waals surface area contributed by atoms with Gasteiger partial charge in [-0.15, -0.1) is 11.8 Å². The molecule has 1 unspecified atom stereocenters. The van der Waals surface area contributed by atoms with Crippen LogP contribution >= 0.6 is 11.8 Å². The number of esters is 1. The first kappa shape index (κ1) is 10.8. The van der Waals surface area contributed by atoms with Crippen molar-refractivity contribution in [2.45, 2.75) is 26.0 Å². The maximum Gasteiger partial charge on any atom is 0.319 e. The molecule has 3 heteroatoms. The molecule has 2 nitrogen and oxygen atoms in total. The monoisotopic (exact) mass is 176 g/mol. The Hall–Kier alpha value is -0.180. The molecule has 0 aromatic carbocycles. The number of thioether (sulfide) groups is 1. The van der Waals surface area contributed by atoms with E-state index in [1.54, 1.807) is 0 Å². The summed E-state index contributed by atoms with van der Waals surface area (Å²) in [7, 11) is 1.43. The van der Waals surface area contributed by atoms with Crippen LogP contribution in [0.2, 0.25) is 0 Å². The Kier molecular flexibility index (Phi) is 3.93. The van der Waals surface area contributed by atoms with Crippen LogP contribution in [0.4, 0.5) is 0 Å². The van der Waals surface area contributed by atoms with Gasteiger partial charge in [0.15, 0.2) is 0 Å². The quantitative estimate of drug-likeness (QED) is 0.601. The summed E-state index contributed by atoms with van der Waals surface area (Å²) in [5, 5.41) is -0.0625. The Balaban J connectivity index is 4.29. The lowest BCUT2D eigenvalue weighted by Crippen LogP contribution is -2.32. The van der Waals surface area contributed by atoms with E-state index in [2.05, 4.69) is 4.74 Å². The van der Waals surface area contributed by atoms with E-state index in [0.717, 1.165) is 0 Å².